The third-order valence-electron chi connectivity index (χ3n) is 3.61. The number of nitrogens with one attached hydrogen (secondary N) is 2. The number of ether oxygens (including phenoxy) is 2. The Morgan fingerprint density at radius 2 is 1.92 bits per heavy atom. The second-order valence-electron chi connectivity index (χ2n) is 5.46. The van der Waals surface area contributed by atoms with Crippen molar-refractivity contribution in [1.29, 1.82) is 0 Å². The van der Waals surface area contributed by atoms with Crippen LogP contribution in [-0.2, 0) is 4.79 Å². The number of amides is 1. The molecule has 0 aliphatic heterocycles. The van der Waals surface area contributed by atoms with Crippen LogP contribution < -0.4 is 20.1 Å². The lowest BCUT2D eigenvalue weighted by Crippen LogP contribution is -2.21. The zero-order chi connectivity index (χ0) is 17.8. The molecule has 0 bridgehead atoms. The minimum Gasteiger partial charge on any atom is -0.493 e. The zero-order valence-electron chi connectivity index (χ0n) is 14.3. The number of carbonyl (C=O) groups is 1. The standard InChI is InChI=1S/C18H19N3O3S/c1-11-4-6-13-16(8-11)25-18(21-13)19-10-17(22)20-12-5-7-14(23-2)15(9-12)24-3/h4-9H,10H2,1-3H3,(H,19,21)(H,20,22). The molecule has 0 fully saturated rings. The van der Waals surface area contributed by atoms with E-state index in [9.17, 15) is 4.79 Å². The molecule has 0 unspecified atom stereocenters. The van der Waals surface area contributed by atoms with Crippen molar-refractivity contribution in [2.75, 3.05) is 31.4 Å². The molecule has 7 heteroatoms. The van der Waals surface area contributed by atoms with Crippen molar-refractivity contribution in [3.05, 3.63) is 42.0 Å². The number of fused-ring (bicyclic) bond motifs is 1. The van der Waals surface area contributed by atoms with Crippen LogP contribution in [0.25, 0.3) is 10.2 Å². The second-order valence-corrected chi connectivity index (χ2v) is 6.49. The van der Waals surface area contributed by atoms with Gasteiger partial charge in [0, 0.05) is 11.8 Å². The molecule has 1 aromatic heterocycles. The van der Waals surface area contributed by atoms with E-state index in [1.165, 1.54) is 16.9 Å². The third kappa shape index (κ3) is 4.00. The number of hydrogen-bond acceptors (Lipinski definition) is 6. The summed E-state index contributed by atoms with van der Waals surface area (Å²) >= 11 is 1.53. The van der Waals surface area contributed by atoms with E-state index in [4.69, 9.17) is 9.47 Å². The molecule has 1 amide bonds. The normalized spacial score (nSPS) is 10.5. The number of anilines is 2. The van der Waals surface area contributed by atoms with Crippen molar-refractivity contribution in [1.82, 2.24) is 4.98 Å². The third-order valence-corrected chi connectivity index (χ3v) is 4.59. The Labute approximate surface area is 149 Å². The van der Waals surface area contributed by atoms with E-state index in [0.29, 0.717) is 17.2 Å². The number of carbonyl (C=O) groups excluding carboxylic acids is 1. The molecule has 0 atom stereocenters. The zero-order valence-corrected chi connectivity index (χ0v) is 15.1. The Morgan fingerprint density at radius 1 is 1.12 bits per heavy atom. The average molecular weight is 357 g/mol. The monoisotopic (exact) mass is 357 g/mol. The van der Waals surface area contributed by atoms with Gasteiger partial charge < -0.3 is 20.1 Å². The van der Waals surface area contributed by atoms with E-state index >= 15 is 0 Å². The lowest BCUT2D eigenvalue weighted by atomic mass is 10.2. The largest absolute Gasteiger partial charge is 0.493 e. The van der Waals surface area contributed by atoms with E-state index in [1.54, 1.807) is 32.4 Å². The fourth-order valence-corrected chi connectivity index (χ4v) is 3.34. The molecule has 0 saturated carbocycles. The molecule has 2 aromatic carbocycles. The summed E-state index contributed by atoms with van der Waals surface area (Å²) in [5.74, 6) is 1.01. The Hall–Kier alpha value is -2.80. The molecule has 25 heavy (non-hydrogen) atoms. The van der Waals surface area contributed by atoms with Gasteiger partial charge in [-0.1, -0.05) is 17.4 Å². The van der Waals surface area contributed by atoms with E-state index < -0.39 is 0 Å². The maximum absolute atomic E-state index is 12.1. The number of rotatable bonds is 6. The van der Waals surface area contributed by atoms with Crippen molar-refractivity contribution in [2.45, 2.75) is 6.92 Å². The molecule has 3 rings (SSSR count). The summed E-state index contributed by atoms with van der Waals surface area (Å²) in [5, 5.41) is 6.61. The molecule has 1 heterocycles. The second kappa shape index (κ2) is 7.40. The number of hydrogen-bond donors (Lipinski definition) is 2. The van der Waals surface area contributed by atoms with E-state index in [2.05, 4.69) is 21.7 Å². The molecular weight excluding hydrogens is 338 g/mol. The number of thiazole rings is 1. The fourth-order valence-electron chi connectivity index (χ4n) is 2.38. The van der Waals surface area contributed by atoms with Gasteiger partial charge in [0.05, 0.1) is 31.0 Å². The number of benzene rings is 2. The maximum atomic E-state index is 12.1. The van der Waals surface area contributed by atoms with Gasteiger partial charge in [-0.2, -0.15) is 0 Å². The SMILES string of the molecule is COc1ccc(NC(=O)CNc2nc3ccc(C)cc3s2)cc1OC. The van der Waals surface area contributed by atoms with Crippen molar-refractivity contribution >= 4 is 38.3 Å². The van der Waals surface area contributed by atoms with Crippen LogP contribution in [0.3, 0.4) is 0 Å². The number of aryl methyl sites for hydroxylation is 1. The van der Waals surface area contributed by atoms with Crippen molar-refractivity contribution < 1.29 is 14.3 Å². The van der Waals surface area contributed by atoms with Gasteiger partial charge in [-0.05, 0) is 36.8 Å². The first-order chi connectivity index (χ1) is 12.1. The van der Waals surface area contributed by atoms with E-state index in [1.807, 2.05) is 19.1 Å². The summed E-state index contributed by atoms with van der Waals surface area (Å²) in [7, 11) is 3.12. The smallest absolute Gasteiger partial charge is 0.243 e. The first-order valence-electron chi connectivity index (χ1n) is 7.72. The molecule has 0 aliphatic rings. The summed E-state index contributed by atoms with van der Waals surface area (Å²) in [6.07, 6.45) is 0. The Kier molecular flexibility index (Phi) is 5.04. The molecule has 130 valence electrons. The first-order valence-corrected chi connectivity index (χ1v) is 8.53. The van der Waals surface area contributed by atoms with Crippen molar-refractivity contribution in [3.8, 4) is 11.5 Å². The van der Waals surface area contributed by atoms with Crippen LogP contribution in [0.5, 0.6) is 11.5 Å². The Morgan fingerprint density at radius 3 is 2.68 bits per heavy atom. The molecule has 0 aliphatic carbocycles. The quantitative estimate of drug-likeness (QED) is 0.704. The summed E-state index contributed by atoms with van der Waals surface area (Å²) in [6.45, 7) is 2.18. The molecule has 0 saturated heterocycles. The van der Waals surface area contributed by atoms with Crippen LogP contribution in [0.15, 0.2) is 36.4 Å². The highest BCUT2D eigenvalue weighted by Gasteiger charge is 2.09. The molecule has 6 nitrogen and oxygen atoms in total. The van der Waals surface area contributed by atoms with Crippen LogP contribution in [0, 0.1) is 6.92 Å². The Bertz CT molecular complexity index is 908. The summed E-state index contributed by atoms with van der Waals surface area (Å²) < 4.78 is 11.5. The molecule has 0 radical (unpaired) electrons. The van der Waals surface area contributed by atoms with Crippen molar-refractivity contribution in [3.63, 3.8) is 0 Å². The minimum atomic E-state index is -0.164. The van der Waals surface area contributed by atoms with Gasteiger partial charge in [-0.3, -0.25) is 4.79 Å². The summed E-state index contributed by atoms with van der Waals surface area (Å²) in [4.78, 5) is 16.6. The van der Waals surface area contributed by atoms with Crippen LogP contribution >= 0.6 is 11.3 Å². The van der Waals surface area contributed by atoms with Gasteiger partial charge in [-0.15, -0.1) is 0 Å². The van der Waals surface area contributed by atoms with Crippen LogP contribution in [0.4, 0.5) is 10.8 Å². The highest BCUT2D eigenvalue weighted by Crippen LogP contribution is 2.30. The molecule has 3 aromatic rings. The molecule has 0 spiro atoms. The van der Waals surface area contributed by atoms with Crippen LogP contribution in [0.2, 0.25) is 0 Å². The first kappa shape index (κ1) is 17.0. The maximum Gasteiger partial charge on any atom is 0.243 e. The van der Waals surface area contributed by atoms with Gasteiger partial charge in [-0.25, -0.2) is 4.98 Å². The highest BCUT2D eigenvalue weighted by molar-refractivity contribution is 7.22. The van der Waals surface area contributed by atoms with Gasteiger partial charge in [0.25, 0.3) is 0 Å². The predicted molar refractivity (Wildman–Crippen MR) is 101 cm³/mol. The molecule has 2 N–H and O–H groups in total. The topological polar surface area (TPSA) is 72.5 Å². The van der Waals surface area contributed by atoms with E-state index in [-0.39, 0.29) is 12.5 Å². The summed E-state index contributed by atoms with van der Waals surface area (Å²) in [6, 6.07) is 11.3. The van der Waals surface area contributed by atoms with Crippen LogP contribution in [0.1, 0.15) is 5.56 Å². The van der Waals surface area contributed by atoms with E-state index in [0.717, 1.165) is 15.3 Å². The van der Waals surface area contributed by atoms with Crippen LogP contribution in [-0.4, -0.2) is 31.7 Å². The average Bonchev–Trinajstić information content (AvgIpc) is 3.01. The lowest BCUT2D eigenvalue weighted by molar-refractivity contribution is -0.114. The number of methoxy groups -OCH3 is 2. The van der Waals surface area contributed by atoms with Gasteiger partial charge in [0.2, 0.25) is 5.91 Å². The fraction of sp³-hybridized carbons (Fsp3) is 0.222. The Balaban J connectivity index is 1.62. The predicted octanol–water partition coefficient (Wildman–Crippen LogP) is 3.67. The van der Waals surface area contributed by atoms with Gasteiger partial charge in [0.15, 0.2) is 16.6 Å². The molecular formula is C18H19N3O3S. The van der Waals surface area contributed by atoms with Gasteiger partial charge in [0.1, 0.15) is 0 Å². The number of nitrogens with zero attached hydrogens (tertiary/aromatic N) is 1. The summed E-state index contributed by atoms with van der Waals surface area (Å²) in [5.41, 5.74) is 2.76. The number of aromatic nitrogens is 1. The lowest BCUT2D eigenvalue weighted by Gasteiger charge is -2.10. The highest BCUT2D eigenvalue weighted by atomic mass is 32.1. The van der Waals surface area contributed by atoms with Gasteiger partial charge >= 0.3 is 0 Å². The minimum absolute atomic E-state index is 0.132. The van der Waals surface area contributed by atoms with Crippen molar-refractivity contribution in [2.24, 2.45) is 0 Å².